The zero-order valence-electron chi connectivity index (χ0n) is 9.13. The van der Waals surface area contributed by atoms with Gasteiger partial charge in [-0.3, -0.25) is 0 Å². The number of alkyl halides is 1. The quantitative estimate of drug-likeness (QED) is 0.778. The van der Waals surface area contributed by atoms with Gasteiger partial charge in [0.2, 0.25) is 0 Å². The molecule has 0 aliphatic carbocycles. The molecule has 0 fully saturated rings. The predicted molar refractivity (Wildman–Crippen MR) is 66.6 cm³/mol. The summed E-state index contributed by atoms with van der Waals surface area (Å²) in [6.07, 6.45) is 4.28. The Morgan fingerprint density at radius 1 is 1.47 bits per heavy atom. The molecule has 0 atom stereocenters. The van der Waals surface area contributed by atoms with E-state index < -0.39 is 0 Å². The molecular weight excluding hydrogens is 252 g/mol. The molecule has 2 rings (SSSR count). The van der Waals surface area contributed by atoms with E-state index in [0.29, 0.717) is 0 Å². The average molecular weight is 267 g/mol. The summed E-state index contributed by atoms with van der Waals surface area (Å²) >= 11 is 3.50. The molecule has 0 spiro atoms. The van der Waals surface area contributed by atoms with E-state index in [4.69, 9.17) is 0 Å². The Morgan fingerprint density at radius 2 is 2.27 bits per heavy atom. The van der Waals surface area contributed by atoms with Crippen LogP contribution in [0.4, 0.5) is 0 Å². The summed E-state index contributed by atoms with van der Waals surface area (Å²) in [5, 5.41) is 0.824. The highest BCUT2D eigenvalue weighted by Crippen LogP contribution is 2.20. The minimum absolute atomic E-state index is 0.824. The number of rotatable bonds is 3. The highest BCUT2D eigenvalue weighted by Gasteiger charge is 2.10. The number of halogens is 1. The van der Waals surface area contributed by atoms with Crippen LogP contribution in [0.25, 0.3) is 5.52 Å². The van der Waals surface area contributed by atoms with Crippen LogP contribution < -0.4 is 0 Å². The largest absolute Gasteiger partial charge is 0.303 e. The molecule has 3 heteroatoms. The molecule has 2 aromatic rings. The molecular formula is C12H15BrN2. The average Bonchev–Trinajstić information content (AvgIpc) is 2.59. The summed E-state index contributed by atoms with van der Waals surface area (Å²) in [5.41, 5.74) is 3.70. The van der Waals surface area contributed by atoms with Gasteiger partial charge in [0.25, 0.3) is 0 Å². The molecule has 0 unspecified atom stereocenters. The van der Waals surface area contributed by atoms with E-state index in [9.17, 15) is 0 Å². The van der Waals surface area contributed by atoms with Crippen LogP contribution >= 0.6 is 15.9 Å². The first-order valence-electron chi connectivity index (χ1n) is 5.29. The number of aromatic nitrogens is 2. The van der Waals surface area contributed by atoms with Crippen LogP contribution in [0.5, 0.6) is 0 Å². The SMILES string of the molecule is CCCc1nc(CBr)c2c(C)cccn12. The zero-order valence-corrected chi connectivity index (χ0v) is 10.7. The highest BCUT2D eigenvalue weighted by molar-refractivity contribution is 9.08. The lowest BCUT2D eigenvalue weighted by Crippen LogP contribution is -1.93. The molecule has 2 heterocycles. The summed E-state index contributed by atoms with van der Waals surface area (Å²) in [4.78, 5) is 4.67. The van der Waals surface area contributed by atoms with Gasteiger partial charge in [-0.1, -0.05) is 28.9 Å². The Bertz CT molecular complexity index is 474. The number of nitrogens with zero attached hydrogens (tertiary/aromatic N) is 2. The van der Waals surface area contributed by atoms with Gasteiger partial charge in [0.05, 0.1) is 11.2 Å². The molecule has 0 aliphatic heterocycles. The first-order valence-corrected chi connectivity index (χ1v) is 6.41. The Morgan fingerprint density at radius 3 is 2.93 bits per heavy atom. The van der Waals surface area contributed by atoms with Crippen LogP contribution in [0.3, 0.4) is 0 Å². The normalized spacial score (nSPS) is 11.1. The lowest BCUT2D eigenvalue weighted by atomic mass is 10.2. The van der Waals surface area contributed by atoms with E-state index in [-0.39, 0.29) is 0 Å². The third kappa shape index (κ3) is 1.81. The van der Waals surface area contributed by atoms with Crippen LogP contribution in [0.15, 0.2) is 18.3 Å². The standard InChI is InChI=1S/C12H15BrN2/c1-3-5-11-14-10(8-13)12-9(2)6-4-7-15(11)12/h4,6-7H,3,5,8H2,1-2H3. The number of fused-ring (bicyclic) bond motifs is 1. The van der Waals surface area contributed by atoms with Crippen molar-refractivity contribution in [2.75, 3.05) is 0 Å². The van der Waals surface area contributed by atoms with Gasteiger partial charge in [-0.2, -0.15) is 0 Å². The Labute approximate surface area is 98.5 Å². The Kier molecular flexibility index (Phi) is 3.10. The number of hydrogen-bond acceptors (Lipinski definition) is 1. The van der Waals surface area contributed by atoms with Crippen LogP contribution in [0, 0.1) is 6.92 Å². The first-order chi connectivity index (χ1) is 7.27. The van der Waals surface area contributed by atoms with E-state index in [2.05, 4.69) is 57.5 Å². The van der Waals surface area contributed by atoms with E-state index in [1.54, 1.807) is 0 Å². The Balaban J connectivity index is 2.69. The number of hydrogen-bond donors (Lipinski definition) is 0. The maximum absolute atomic E-state index is 4.67. The minimum Gasteiger partial charge on any atom is -0.303 e. The van der Waals surface area contributed by atoms with E-state index in [1.165, 1.54) is 16.9 Å². The molecule has 0 radical (unpaired) electrons. The summed E-state index contributed by atoms with van der Waals surface area (Å²) in [7, 11) is 0. The van der Waals surface area contributed by atoms with Gasteiger partial charge in [-0.15, -0.1) is 0 Å². The fourth-order valence-corrected chi connectivity index (χ4v) is 2.35. The molecule has 0 aliphatic rings. The van der Waals surface area contributed by atoms with Crippen molar-refractivity contribution < 1.29 is 0 Å². The van der Waals surface area contributed by atoms with Crippen molar-refractivity contribution in [1.82, 2.24) is 9.38 Å². The fraction of sp³-hybridized carbons (Fsp3) is 0.417. The maximum atomic E-state index is 4.67. The second-order valence-corrected chi connectivity index (χ2v) is 4.33. The molecule has 0 N–H and O–H groups in total. The molecule has 0 saturated heterocycles. The number of pyridine rings is 1. The maximum Gasteiger partial charge on any atom is 0.113 e. The molecule has 2 nitrogen and oxygen atoms in total. The van der Waals surface area contributed by atoms with E-state index >= 15 is 0 Å². The first kappa shape index (κ1) is 10.7. The van der Waals surface area contributed by atoms with Gasteiger partial charge in [0.1, 0.15) is 5.82 Å². The van der Waals surface area contributed by atoms with Crippen molar-refractivity contribution in [2.45, 2.75) is 32.0 Å². The molecule has 0 bridgehead atoms. The van der Waals surface area contributed by atoms with Crippen molar-refractivity contribution in [1.29, 1.82) is 0 Å². The minimum atomic E-state index is 0.824. The van der Waals surface area contributed by atoms with Crippen LogP contribution in [0.2, 0.25) is 0 Å². The monoisotopic (exact) mass is 266 g/mol. The predicted octanol–water partition coefficient (Wildman–Crippen LogP) is 3.49. The summed E-state index contributed by atoms with van der Waals surface area (Å²) in [6, 6.07) is 4.22. The highest BCUT2D eigenvalue weighted by atomic mass is 79.9. The molecule has 0 aromatic carbocycles. The topological polar surface area (TPSA) is 17.3 Å². The molecule has 2 aromatic heterocycles. The van der Waals surface area contributed by atoms with Crippen molar-refractivity contribution in [3.05, 3.63) is 35.4 Å². The number of aryl methyl sites for hydroxylation is 2. The molecule has 15 heavy (non-hydrogen) atoms. The molecule has 0 saturated carbocycles. The molecule has 80 valence electrons. The second kappa shape index (κ2) is 4.35. The van der Waals surface area contributed by atoms with Gasteiger partial charge in [-0.25, -0.2) is 4.98 Å². The van der Waals surface area contributed by atoms with Gasteiger partial charge in [0, 0.05) is 17.9 Å². The second-order valence-electron chi connectivity index (χ2n) is 3.77. The third-order valence-corrected chi connectivity index (χ3v) is 3.14. The van der Waals surface area contributed by atoms with Crippen LogP contribution in [-0.4, -0.2) is 9.38 Å². The van der Waals surface area contributed by atoms with Crippen molar-refractivity contribution in [2.24, 2.45) is 0 Å². The van der Waals surface area contributed by atoms with E-state index in [1.807, 2.05) is 0 Å². The smallest absolute Gasteiger partial charge is 0.113 e. The number of imidazole rings is 1. The third-order valence-electron chi connectivity index (χ3n) is 2.61. The van der Waals surface area contributed by atoms with Gasteiger partial charge >= 0.3 is 0 Å². The lowest BCUT2D eigenvalue weighted by molar-refractivity contribution is 0.827. The Hall–Kier alpha value is -0.830. The fourth-order valence-electron chi connectivity index (χ4n) is 1.95. The van der Waals surface area contributed by atoms with Crippen molar-refractivity contribution in [3.63, 3.8) is 0 Å². The summed E-state index contributed by atoms with van der Waals surface area (Å²) in [6.45, 7) is 4.32. The van der Waals surface area contributed by atoms with Crippen LogP contribution in [-0.2, 0) is 11.8 Å². The van der Waals surface area contributed by atoms with Gasteiger partial charge in [0.15, 0.2) is 0 Å². The van der Waals surface area contributed by atoms with Gasteiger partial charge in [-0.05, 0) is 25.0 Å². The van der Waals surface area contributed by atoms with Crippen molar-refractivity contribution >= 4 is 21.4 Å². The molecule has 0 amide bonds. The van der Waals surface area contributed by atoms with Crippen molar-refractivity contribution in [3.8, 4) is 0 Å². The summed E-state index contributed by atoms with van der Waals surface area (Å²) < 4.78 is 2.22. The van der Waals surface area contributed by atoms with Crippen LogP contribution in [0.1, 0.15) is 30.4 Å². The van der Waals surface area contributed by atoms with E-state index in [0.717, 1.165) is 23.9 Å². The lowest BCUT2D eigenvalue weighted by Gasteiger charge is -2.01. The zero-order chi connectivity index (χ0) is 10.8. The summed E-state index contributed by atoms with van der Waals surface area (Å²) in [5.74, 6) is 1.17. The van der Waals surface area contributed by atoms with Gasteiger partial charge < -0.3 is 4.40 Å².